The highest BCUT2D eigenvalue weighted by atomic mass is 16.5. The molecule has 0 saturated carbocycles. The van der Waals surface area contributed by atoms with Crippen LogP contribution in [0.15, 0.2) is 42.0 Å². The molecule has 1 fully saturated rings. The Morgan fingerprint density at radius 1 is 1.35 bits per heavy atom. The second-order valence-corrected chi connectivity index (χ2v) is 6.21. The van der Waals surface area contributed by atoms with Crippen molar-refractivity contribution in [1.82, 2.24) is 4.90 Å². The predicted octanol–water partition coefficient (Wildman–Crippen LogP) is 3.58. The average molecular weight is 271 g/mol. The molecule has 4 rings (SSSR count). The maximum atomic E-state index is 12.0. The van der Waals surface area contributed by atoms with Crippen LogP contribution in [-0.4, -0.2) is 30.7 Å². The molecule has 20 heavy (non-hydrogen) atoms. The minimum absolute atomic E-state index is 0.00558. The molecule has 3 atom stereocenters. The molecule has 0 aromatic heterocycles. The predicted molar refractivity (Wildman–Crippen MR) is 78.6 cm³/mol. The normalized spacial score (nSPS) is 31.9. The molecule has 1 amide bonds. The standard InChI is InChI=1S/C17H21NO2/c1-12-10-17(2)11-18(16(19)20-3)15(12)9-14(17)13-7-5-4-6-8-13/h4-8,10,14-15H,9,11H2,1-3H3/t14-,15+,17-/m0/s1. The first-order chi connectivity index (χ1) is 9.55. The molecule has 0 unspecified atom stereocenters. The van der Waals surface area contributed by atoms with Gasteiger partial charge in [0.15, 0.2) is 0 Å². The molecule has 0 radical (unpaired) electrons. The molecule has 2 aliphatic heterocycles. The smallest absolute Gasteiger partial charge is 0.410 e. The number of nitrogens with zero attached hydrogens (tertiary/aromatic N) is 1. The Morgan fingerprint density at radius 2 is 2.05 bits per heavy atom. The van der Waals surface area contributed by atoms with Gasteiger partial charge in [-0.05, 0) is 24.8 Å². The summed E-state index contributed by atoms with van der Waals surface area (Å²) in [4.78, 5) is 13.8. The lowest BCUT2D eigenvalue weighted by Gasteiger charge is -2.53. The number of fused-ring (bicyclic) bond motifs is 2. The molecule has 1 aromatic rings. The fraction of sp³-hybridized carbons (Fsp3) is 0.471. The van der Waals surface area contributed by atoms with Gasteiger partial charge >= 0.3 is 6.09 Å². The summed E-state index contributed by atoms with van der Waals surface area (Å²) >= 11 is 0. The van der Waals surface area contributed by atoms with E-state index in [-0.39, 0.29) is 17.6 Å². The largest absolute Gasteiger partial charge is 0.453 e. The fourth-order valence-corrected chi connectivity index (χ4v) is 3.91. The van der Waals surface area contributed by atoms with Crippen molar-refractivity contribution in [3.05, 3.63) is 47.5 Å². The van der Waals surface area contributed by atoms with Crippen molar-refractivity contribution in [1.29, 1.82) is 0 Å². The minimum atomic E-state index is -0.208. The Hall–Kier alpha value is -1.77. The number of benzene rings is 1. The summed E-state index contributed by atoms with van der Waals surface area (Å²) in [5.74, 6) is 0.471. The average Bonchev–Trinajstić information content (AvgIpc) is 2.46. The van der Waals surface area contributed by atoms with Crippen molar-refractivity contribution in [2.75, 3.05) is 13.7 Å². The van der Waals surface area contributed by atoms with Crippen LogP contribution in [0.25, 0.3) is 0 Å². The zero-order valence-electron chi connectivity index (χ0n) is 12.3. The quantitative estimate of drug-likeness (QED) is 0.731. The first-order valence-corrected chi connectivity index (χ1v) is 7.14. The van der Waals surface area contributed by atoms with Crippen LogP contribution in [0, 0.1) is 5.41 Å². The van der Waals surface area contributed by atoms with Crippen molar-refractivity contribution < 1.29 is 9.53 Å². The van der Waals surface area contributed by atoms with Gasteiger partial charge in [0.1, 0.15) is 0 Å². The second-order valence-electron chi connectivity index (χ2n) is 6.21. The summed E-state index contributed by atoms with van der Waals surface area (Å²) in [5.41, 5.74) is 2.65. The summed E-state index contributed by atoms with van der Waals surface area (Å²) in [7, 11) is 1.46. The number of methoxy groups -OCH3 is 1. The maximum absolute atomic E-state index is 12.0. The topological polar surface area (TPSA) is 29.5 Å². The van der Waals surface area contributed by atoms with Gasteiger partial charge in [-0.3, -0.25) is 0 Å². The molecule has 2 bridgehead atoms. The molecule has 0 N–H and O–H groups in total. The highest BCUT2D eigenvalue weighted by Crippen LogP contribution is 2.51. The zero-order chi connectivity index (χ0) is 14.3. The lowest BCUT2D eigenvalue weighted by atomic mass is 9.62. The number of carbonyl (C=O) groups excluding carboxylic acids is 1. The number of ether oxygens (including phenoxy) is 1. The van der Waals surface area contributed by atoms with Crippen LogP contribution >= 0.6 is 0 Å². The van der Waals surface area contributed by atoms with Gasteiger partial charge in [0, 0.05) is 12.0 Å². The van der Waals surface area contributed by atoms with Gasteiger partial charge in [0.25, 0.3) is 0 Å². The number of carbonyl (C=O) groups is 1. The number of piperidine rings is 1. The van der Waals surface area contributed by atoms with E-state index < -0.39 is 0 Å². The fourth-order valence-electron chi connectivity index (χ4n) is 3.91. The van der Waals surface area contributed by atoms with Gasteiger partial charge in [-0.1, -0.05) is 48.9 Å². The monoisotopic (exact) mass is 271 g/mol. The number of hydrogen-bond donors (Lipinski definition) is 0. The Kier molecular flexibility index (Phi) is 3.08. The second kappa shape index (κ2) is 4.65. The van der Waals surface area contributed by atoms with E-state index in [0.29, 0.717) is 5.92 Å². The van der Waals surface area contributed by atoms with E-state index in [4.69, 9.17) is 4.74 Å². The maximum Gasteiger partial charge on any atom is 0.410 e. The summed E-state index contributed by atoms with van der Waals surface area (Å²) in [5, 5.41) is 0. The number of rotatable bonds is 1. The van der Waals surface area contributed by atoms with E-state index in [1.54, 1.807) is 0 Å². The molecule has 1 aromatic carbocycles. The van der Waals surface area contributed by atoms with Gasteiger partial charge < -0.3 is 9.64 Å². The van der Waals surface area contributed by atoms with Crippen LogP contribution in [0.3, 0.4) is 0 Å². The van der Waals surface area contributed by atoms with Crippen molar-refractivity contribution in [2.24, 2.45) is 5.41 Å². The van der Waals surface area contributed by atoms with Crippen LogP contribution in [0.5, 0.6) is 0 Å². The van der Waals surface area contributed by atoms with Crippen LogP contribution in [0.2, 0.25) is 0 Å². The minimum Gasteiger partial charge on any atom is -0.453 e. The van der Waals surface area contributed by atoms with E-state index in [2.05, 4.69) is 50.3 Å². The number of amides is 1. The van der Waals surface area contributed by atoms with E-state index >= 15 is 0 Å². The van der Waals surface area contributed by atoms with Gasteiger partial charge in [0.2, 0.25) is 0 Å². The molecule has 1 saturated heterocycles. The van der Waals surface area contributed by atoms with Gasteiger partial charge in [-0.2, -0.15) is 0 Å². The van der Waals surface area contributed by atoms with Gasteiger partial charge in [-0.15, -0.1) is 0 Å². The van der Waals surface area contributed by atoms with Gasteiger partial charge in [0.05, 0.1) is 13.2 Å². The Morgan fingerprint density at radius 3 is 2.65 bits per heavy atom. The zero-order valence-corrected chi connectivity index (χ0v) is 12.3. The summed E-state index contributed by atoms with van der Waals surface area (Å²) in [6.07, 6.45) is 3.14. The van der Waals surface area contributed by atoms with Crippen LogP contribution in [-0.2, 0) is 4.74 Å². The van der Waals surface area contributed by atoms with Crippen molar-refractivity contribution in [3.8, 4) is 0 Å². The molecule has 0 spiro atoms. The third kappa shape index (κ3) is 1.92. The van der Waals surface area contributed by atoms with E-state index in [9.17, 15) is 4.79 Å². The van der Waals surface area contributed by atoms with E-state index in [0.717, 1.165) is 13.0 Å². The summed E-state index contributed by atoms with van der Waals surface area (Å²) in [6, 6.07) is 10.8. The van der Waals surface area contributed by atoms with Crippen molar-refractivity contribution in [3.63, 3.8) is 0 Å². The first kappa shape index (κ1) is 13.2. The SMILES string of the molecule is COC(=O)N1C[C@]2(C)C=C(C)[C@H]1C[C@H]2c1ccccc1. The van der Waals surface area contributed by atoms with Crippen LogP contribution in [0.1, 0.15) is 31.7 Å². The molecule has 3 heteroatoms. The van der Waals surface area contributed by atoms with Gasteiger partial charge in [-0.25, -0.2) is 4.79 Å². The molecule has 3 nitrogen and oxygen atoms in total. The lowest BCUT2D eigenvalue weighted by molar-refractivity contribution is 0.0442. The highest BCUT2D eigenvalue weighted by Gasteiger charge is 2.49. The third-order valence-electron chi connectivity index (χ3n) is 4.84. The molecular weight excluding hydrogens is 250 g/mol. The van der Waals surface area contributed by atoms with E-state index in [1.165, 1.54) is 18.2 Å². The third-order valence-corrected chi connectivity index (χ3v) is 4.84. The van der Waals surface area contributed by atoms with E-state index in [1.807, 2.05) is 4.90 Å². The lowest BCUT2D eigenvalue weighted by Crippen LogP contribution is -2.57. The molecular formula is C17H21NO2. The molecule has 1 aliphatic carbocycles. The number of hydrogen-bond acceptors (Lipinski definition) is 2. The Labute approximate surface area is 120 Å². The summed E-state index contributed by atoms with van der Waals surface area (Å²) in [6.45, 7) is 5.11. The molecule has 2 heterocycles. The first-order valence-electron chi connectivity index (χ1n) is 7.14. The van der Waals surface area contributed by atoms with Crippen molar-refractivity contribution in [2.45, 2.75) is 32.2 Å². The molecule has 106 valence electrons. The molecule has 3 aliphatic rings. The Balaban J connectivity index is 1.97. The van der Waals surface area contributed by atoms with Crippen molar-refractivity contribution >= 4 is 6.09 Å². The van der Waals surface area contributed by atoms with Crippen LogP contribution < -0.4 is 0 Å². The van der Waals surface area contributed by atoms with Crippen LogP contribution in [0.4, 0.5) is 4.79 Å². The highest BCUT2D eigenvalue weighted by molar-refractivity contribution is 5.69. The Bertz CT molecular complexity index is 551. The summed E-state index contributed by atoms with van der Waals surface area (Å²) < 4.78 is 4.94.